The molecular formula is C13H23N. The van der Waals surface area contributed by atoms with Crippen molar-refractivity contribution in [3.05, 3.63) is 11.6 Å². The third-order valence-corrected chi connectivity index (χ3v) is 4.09. The zero-order chi connectivity index (χ0) is 9.97. The number of hydrogen-bond acceptors (Lipinski definition) is 1. The molecule has 14 heavy (non-hydrogen) atoms. The van der Waals surface area contributed by atoms with Crippen LogP contribution in [-0.2, 0) is 0 Å². The lowest BCUT2D eigenvalue weighted by molar-refractivity contribution is 0.286. The van der Waals surface area contributed by atoms with Gasteiger partial charge in [-0.2, -0.15) is 0 Å². The van der Waals surface area contributed by atoms with Crippen LogP contribution >= 0.6 is 0 Å². The fourth-order valence-electron chi connectivity index (χ4n) is 2.64. The first-order valence-electron chi connectivity index (χ1n) is 6.17. The quantitative estimate of drug-likeness (QED) is 0.679. The van der Waals surface area contributed by atoms with E-state index in [1.165, 1.54) is 38.6 Å². The Labute approximate surface area is 88.0 Å². The number of rotatable bonds is 3. The van der Waals surface area contributed by atoms with Crippen LogP contribution in [0.1, 0.15) is 46.0 Å². The zero-order valence-electron chi connectivity index (χ0n) is 9.55. The molecule has 0 bridgehead atoms. The van der Waals surface area contributed by atoms with Crippen LogP contribution in [0.25, 0.3) is 0 Å². The topological polar surface area (TPSA) is 12.0 Å². The van der Waals surface area contributed by atoms with E-state index >= 15 is 0 Å². The molecule has 0 saturated heterocycles. The highest BCUT2D eigenvalue weighted by molar-refractivity contribution is 5.09. The summed E-state index contributed by atoms with van der Waals surface area (Å²) < 4.78 is 0. The molecule has 80 valence electrons. The van der Waals surface area contributed by atoms with Gasteiger partial charge in [-0.25, -0.2) is 0 Å². The van der Waals surface area contributed by atoms with Gasteiger partial charge in [-0.15, -0.1) is 0 Å². The fraction of sp³-hybridized carbons (Fsp3) is 0.846. The summed E-state index contributed by atoms with van der Waals surface area (Å²) in [7, 11) is 0. The van der Waals surface area contributed by atoms with Crippen molar-refractivity contribution in [2.75, 3.05) is 6.54 Å². The van der Waals surface area contributed by atoms with Gasteiger partial charge in [0.2, 0.25) is 0 Å². The Balaban J connectivity index is 1.81. The molecule has 0 amide bonds. The molecule has 2 aliphatic rings. The molecule has 0 spiro atoms. The molecule has 2 atom stereocenters. The fourth-order valence-corrected chi connectivity index (χ4v) is 2.64. The average Bonchev–Trinajstić information content (AvgIpc) is 2.07. The molecule has 0 radical (unpaired) electrons. The highest BCUT2D eigenvalue weighted by atomic mass is 14.9. The smallest absolute Gasteiger partial charge is 0.00673 e. The molecule has 0 aromatic carbocycles. The highest BCUT2D eigenvalue weighted by Gasteiger charge is 2.24. The van der Waals surface area contributed by atoms with Crippen molar-refractivity contribution in [1.29, 1.82) is 0 Å². The van der Waals surface area contributed by atoms with Gasteiger partial charge in [0.25, 0.3) is 0 Å². The van der Waals surface area contributed by atoms with Gasteiger partial charge in [0.1, 0.15) is 0 Å². The molecule has 2 unspecified atom stereocenters. The molecule has 0 aromatic rings. The van der Waals surface area contributed by atoms with Gasteiger partial charge in [0, 0.05) is 12.6 Å². The number of hydrogen-bond donors (Lipinski definition) is 1. The monoisotopic (exact) mass is 193 g/mol. The Hall–Kier alpha value is -0.300. The first-order valence-corrected chi connectivity index (χ1v) is 6.17. The van der Waals surface area contributed by atoms with Crippen molar-refractivity contribution in [3.63, 3.8) is 0 Å². The SMILES string of the molecule is CC1=CCCC(C)C1CNC1CCC1. The van der Waals surface area contributed by atoms with E-state index in [0.717, 1.165) is 17.9 Å². The standard InChI is InChI=1S/C13H23N/c1-10-5-3-6-11(2)13(10)9-14-12-7-4-8-12/h5,11-14H,3-4,6-9H2,1-2H3. The van der Waals surface area contributed by atoms with Gasteiger partial charge < -0.3 is 5.32 Å². The Morgan fingerprint density at radius 1 is 1.36 bits per heavy atom. The molecule has 1 fully saturated rings. The second-order valence-electron chi connectivity index (χ2n) is 5.15. The summed E-state index contributed by atoms with van der Waals surface area (Å²) >= 11 is 0. The summed E-state index contributed by atoms with van der Waals surface area (Å²) in [6.45, 7) is 5.93. The largest absolute Gasteiger partial charge is 0.313 e. The molecule has 1 saturated carbocycles. The summed E-state index contributed by atoms with van der Waals surface area (Å²) in [6.07, 6.45) is 9.37. The second-order valence-corrected chi connectivity index (χ2v) is 5.15. The Morgan fingerprint density at radius 3 is 2.71 bits per heavy atom. The maximum absolute atomic E-state index is 3.71. The molecular weight excluding hydrogens is 170 g/mol. The van der Waals surface area contributed by atoms with Crippen LogP contribution in [0.5, 0.6) is 0 Å². The molecule has 1 nitrogen and oxygen atoms in total. The van der Waals surface area contributed by atoms with Gasteiger partial charge in [0.05, 0.1) is 0 Å². The van der Waals surface area contributed by atoms with Crippen molar-refractivity contribution < 1.29 is 0 Å². The molecule has 0 aromatic heterocycles. The summed E-state index contributed by atoms with van der Waals surface area (Å²) in [5.41, 5.74) is 1.62. The normalized spacial score (nSPS) is 33.7. The summed E-state index contributed by atoms with van der Waals surface area (Å²) in [5, 5.41) is 3.71. The van der Waals surface area contributed by atoms with Gasteiger partial charge in [-0.05, 0) is 44.4 Å². The van der Waals surface area contributed by atoms with Crippen LogP contribution in [0, 0.1) is 11.8 Å². The van der Waals surface area contributed by atoms with Gasteiger partial charge in [-0.1, -0.05) is 25.0 Å². The minimum Gasteiger partial charge on any atom is -0.313 e. The second kappa shape index (κ2) is 4.48. The summed E-state index contributed by atoms with van der Waals surface area (Å²) in [4.78, 5) is 0. The van der Waals surface area contributed by atoms with Crippen molar-refractivity contribution in [2.24, 2.45) is 11.8 Å². The molecule has 0 aliphatic heterocycles. The average molecular weight is 193 g/mol. The third kappa shape index (κ3) is 2.20. The summed E-state index contributed by atoms with van der Waals surface area (Å²) in [5.74, 6) is 1.69. The van der Waals surface area contributed by atoms with E-state index in [1.807, 2.05) is 0 Å². The van der Waals surface area contributed by atoms with Crippen LogP contribution in [0.4, 0.5) is 0 Å². The molecule has 1 N–H and O–H groups in total. The Kier molecular flexibility index (Phi) is 3.27. The lowest BCUT2D eigenvalue weighted by Gasteiger charge is -2.33. The van der Waals surface area contributed by atoms with Crippen LogP contribution in [0.2, 0.25) is 0 Å². The predicted molar refractivity (Wildman–Crippen MR) is 61.3 cm³/mol. The predicted octanol–water partition coefficient (Wildman–Crippen LogP) is 3.12. The van der Waals surface area contributed by atoms with Crippen molar-refractivity contribution in [3.8, 4) is 0 Å². The third-order valence-electron chi connectivity index (χ3n) is 4.09. The molecule has 1 heteroatoms. The zero-order valence-corrected chi connectivity index (χ0v) is 9.55. The Bertz CT molecular complexity index is 215. The van der Waals surface area contributed by atoms with Crippen LogP contribution in [0.15, 0.2) is 11.6 Å². The molecule has 2 rings (SSSR count). The van der Waals surface area contributed by atoms with E-state index in [4.69, 9.17) is 0 Å². The van der Waals surface area contributed by atoms with Crippen molar-refractivity contribution in [1.82, 2.24) is 5.32 Å². The minimum atomic E-state index is 0.810. The van der Waals surface area contributed by atoms with Gasteiger partial charge >= 0.3 is 0 Å². The first-order chi connectivity index (χ1) is 6.77. The lowest BCUT2D eigenvalue weighted by atomic mass is 9.79. The molecule has 2 aliphatic carbocycles. The van der Waals surface area contributed by atoms with E-state index in [-0.39, 0.29) is 0 Å². The van der Waals surface area contributed by atoms with E-state index in [1.54, 1.807) is 5.57 Å². The van der Waals surface area contributed by atoms with Crippen LogP contribution < -0.4 is 5.32 Å². The maximum Gasteiger partial charge on any atom is 0.00673 e. The highest BCUT2D eigenvalue weighted by Crippen LogP contribution is 2.30. The lowest BCUT2D eigenvalue weighted by Crippen LogP contribution is -2.40. The van der Waals surface area contributed by atoms with E-state index in [0.29, 0.717) is 0 Å². The number of nitrogens with one attached hydrogen (secondary N) is 1. The first kappa shape index (κ1) is 10.2. The summed E-state index contributed by atoms with van der Waals surface area (Å²) in [6, 6.07) is 0.844. The van der Waals surface area contributed by atoms with E-state index < -0.39 is 0 Å². The van der Waals surface area contributed by atoms with Crippen LogP contribution in [-0.4, -0.2) is 12.6 Å². The van der Waals surface area contributed by atoms with E-state index in [9.17, 15) is 0 Å². The van der Waals surface area contributed by atoms with Crippen molar-refractivity contribution in [2.45, 2.75) is 52.0 Å². The minimum absolute atomic E-state index is 0.810. The number of allylic oxidation sites excluding steroid dienone is 1. The van der Waals surface area contributed by atoms with Crippen LogP contribution in [0.3, 0.4) is 0 Å². The van der Waals surface area contributed by atoms with Gasteiger partial charge in [0.15, 0.2) is 0 Å². The van der Waals surface area contributed by atoms with Gasteiger partial charge in [-0.3, -0.25) is 0 Å². The molecule has 0 heterocycles. The van der Waals surface area contributed by atoms with E-state index in [2.05, 4.69) is 25.2 Å². The Morgan fingerprint density at radius 2 is 2.14 bits per heavy atom. The maximum atomic E-state index is 3.71. The van der Waals surface area contributed by atoms with Crippen molar-refractivity contribution >= 4 is 0 Å².